The van der Waals surface area contributed by atoms with Crippen LogP contribution in [0, 0.1) is 13.8 Å². The van der Waals surface area contributed by atoms with Gasteiger partial charge in [0.05, 0.1) is 6.04 Å². The molecule has 3 rings (SSSR count). The number of aryl methyl sites for hydroxylation is 2. The minimum atomic E-state index is 0.379. The van der Waals surface area contributed by atoms with Crippen LogP contribution in [0.2, 0.25) is 0 Å². The smallest absolute Gasteiger partial charge is 0.0591 e. The predicted octanol–water partition coefficient (Wildman–Crippen LogP) is 6.67. The van der Waals surface area contributed by atoms with Gasteiger partial charge in [0.1, 0.15) is 0 Å². The fourth-order valence-corrected chi connectivity index (χ4v) is 3.87. The summed E-state index contributed by atoms with van der Waals surface area (Å²) in [7, 11) is 0. The number of anilines is 1. The van der Waals surface area contributed by atoms with Crippen LogP contribution in [0.5, 0.6) is 0 Å². The van der Waals surface area contributed by atoms with Gasteiger partial charge in [-0.05, 0) is 68.0 Å². The molecule has 1 unspecified atom stereocenters. The van der Waals surface area contributed by atoms with Gasteiger partial charge in [-0.1, -0.05) is 61.4 Å². The van der Waals surface area contributed by atoms with Crippen molar-refractivity contribution in [2.24, 2.45) is 0 Å². The zero-order valence-electron chi connectivity index (χ0n) is 16.1. The summed E-state index contributed by atoms with van der Waals surface area (Å²) in [5.41, 5.74) is 9.62. The van der Waals surface area contributed by atoms with Crippen molar-refractivity contribution in [1.82, 2.24) is 0 Å². The number of nitrogens with zero attached hydrogens (tertiary/aromatic N) is 1. The topological polar surface area (TPSA) is 3.24 Å². The molecule has 0 N–H and O–H groups in total. The molecule has 0 amide bonds. The van der Waals surface area contributed by atoms with Gasteiger partial charge >= 0.3 is 0 Å². The van der Waals surface area contributed by atoms with Gasteiger partial charge in [-0.2, -0.15) is 0 Å². The maximum Gasteiger partial charge on any atom is 0.0591 e. The van der Waals surface area contributed by atoms with Gasteiger partial charge in [0, 0.05) is 11.9 Å². The summed E-state index contributed by atoms with van der Waals surface area (Å²) < 4.78 is 0. The fourth-order valence-electron chi connectivity index (χ4n) is 3.87. The predicted molar refractivity (Wildman–Crippen MR) is 110 cm³/mol. The van der Waals surface area contributed by atoms with Crippen molar-refractivity contribution in [3.05, 3.63) is 82.6 Å². The lowest BCUT2D eigenvalue weighted by Crippen LogP contribution is -2.35. The molecular weight excluding hydrogens is 302 g/mol. The monoisotopic (exact) mass is 331 g/mol. The lowest BCUT2D eigenvalue weighted by atomic mass is 9.84. The van der Waals surface area contributed by atoms with E-state index in [-0.39, 0.29) is 0 Å². The van der Waals surface area contributed by atoms with Crippen LogP contribution in [0.4, 0.5) is 5.69 Å². The number of allylic oxidation sites excluding steroid dienone is 2. The van der Waals surface area contributed by atoms with Crippen molar-refractivity contribution in [1.29, 1.82) is 0 Å². The Hall–Kier alpha value is -2.28. The van der Waals surface area contributed by atoms with E-state index in [4.69, 9.17) is 0 Å². The zero-order valence-corrected chi connectivity index (χ0v) is 16.1. The Morgan fingerprint density at radius 3 is 1.88 bits per heavy atom. The van der Waals surface area contributed by atoms with Crippen LogP contribution in [0.1, 0.15) is 50.3 Å². The molecule has 130 valence electrons. The van der Waals surface area contributed by atoms with Gasteiger partial charge in [0.15, 0.2) is 0 Å². The Labute approximate surface area is 152 Å². The van der Waals surface area contributed by atoms with E-state index < -0.39 is 0 Å². The molecule has 25 heavy (non-hydrogen) atoms. The molecule has 0 saturated carbocycles. The molecule has 0 fully saturated rings. The maximum absolute atomic E-state index is 2.46. The van der Waals surface area contributed by atoms with Crippen LogP contribution < -0.4 is 4.90 Å². The Morgan fingerprint density at radius 2 is 1.36 bits per heavy atom. The van der Waals surface area contributed by atoms with Gasteiger partial charge in [-0.25, -0.2) is 0 Å². The number of hydrogen-bond acceptors (Lipinski definition) is 1. The van der Waals surface area contributed by atoms with E-state index in [1.165, 1.54) is 39.1 Å². The normalized spacial score (nSPS) is 17.7. The summed E-state index contributed by atoms with van der Waals surface area (Å²) in [6.07, 6.45) is 4.50. The number of rotatable bonds is 4. The molecule has 0 spiro atoms. The van der Waals surface area contributed by atoms with Crippen LogP contribution >= 0.6 is 0 Å². The van der Waals surface area contributed by atoms with E-state index in [0.29, 0.717) is 6.04 Å². The van der Waals surface area contributed by atoms with Gasteiger partial charge in [0.2, 0.25) is 0 Å². The van der Waals surface area contributed by atoms with Gasteiger partial charge in [-0.15, -0.1) is 0 Å². The Balaban J connectivity index is 2.13. The van der Waals surface area contributed by atoms with Crippen molar-refractivity contribution in [2.75, 3.05) is 4.90 Å². The summed E-state index contributed by atoms with van der Waals surface area (Å²) in [5, 5.41) is 0. The molecule has 0 bridgehead atoms. The molecule has 0 aliphatic carbocycles. The zero-order chi connectivity index (χ0) is 18.0. The number of benzene rings is 2. The molecule has 0 radical (unpaired) electrons. The first kappa shape index (κ1) is 17.5. The molecule has 1 heteroatoms. The highest BCUT2D eigenvalue weighted by molar-refractivity contribution is 5.81. The lowest BCUT2D eigenvalue weighted by molar-refractivity contribution is 0.739. The van der Waals surface area contributed by atoms with Crippen molar-refractivity contribution in [2.45, 2.75) is 53.5 Å². The second kappa shape index (κ2) is 7.31. The summed E-state index contributed by atoms with van der Waals surface area (Å²) in [5.74, 6) is 0. The van der Waals surface area contributed by atoms with E-state index in [9.17, 15) is 0 Å². The summed E-state index contributed by atoms with van der Waals surface area (Å²) in [4.78, 5) is 2.46. The molecule has 1 aliphatic heterocycles. The SMILES string of the molecule is CCC1=C(c2ccc(C)cc2)C(CC)N(c2ccc(C)cc2)C=C1C. The van der Waals surface area contributed by atoms with Crippen molar-refractivity contribution < 1.29 is 0 Å². The van der Waals surface area contributed by atoms with Crippen LogP contribution in [-0.4, -0.2) is 6.04 Å². The molecule has 0 saturated heterocycles. The van der Waals surface area contributed by atoms with Crippen LogP contribution in [0.25, 0.3) is 5.57 Å². The minimum Gasteiger partial charge on any atom is -0.340 e. The summed E-state index contributed by atoms with van der Waals surface area (Å²) in [6, 6.07) is 18.3. The molecule has 2 aromatic rings. The molecule has 2 aromatic carbocycles. The van der Waals surface area contributed by atoms with E-state index in [2.05, 4.69) is 94.2 Å². The Bertz CT molecular complexity index is 791. The van der Waals surface area contributed by atoms with Gasteiger partial charge in [0.25, 0.3) is 0 Å². The van der Waals surface area contributed by atoms with Crippen LogP contribution in [0.3, 0.4) is 0 Å². The highest BCUT2D eigenvalue weighted by Gasteiger charge is 2.28. The quantitative estimate of drug-likeness (QED) is 0.604. The van der Waals surface area contributed by atoms with Crippen molar-refractivity contribution in [3.63, 3.8) is 0 Å². The molecule has 1 heterocycles. The second-order valence-corrected chi connectivity index (χ2v) is 7.09. The van der Waals surface area contributed by atoms with Crippen LogP contribution in [0.15, 0.2) is 65.9 Å². The molecule has 1 aliphatic rings. The average molecular weight is 332 g/mol. The third-order valence-electron chi connectivity index (χ3n) is 5.24. The van der Waals surface area contributed by atoms with Crippen molar-refractivity contribution >= 4 is 11.3 Å². The first-order valence-corrected chi connectivity index (χ1v) is 9.39. The Kier molecular flexibility index (Phi) is 5.13. The highest BCUT2D eigenvalue weighted by Crippen LogP contribution is 2.39. The number of hydrogen-bond donors (Lipinski definition) is 0. The standard InChI is InChI=1S/C24H29N/c1-6-22-19(5)16-25(21-14-10-18(4)11-15-21)23(7-2)24(22)20-12-8-17(3)9-13-20/h8-16,23H,6-7H2,1-5H3. The third kappa shape index (κ3) is 3.42. The molecule has 0 aromatic heterocycles. The fraction of sp³-hybridized carbons (Fsp3) is 0.333. The average Bonchev–Trinajstić information content (AvgIpc) is 2.62. The van der Waals surface area contributed by atoms with E-state index >= 15 is 0 Å². The first-order chi connectivity index (χ1) is 12.0. The third-order valence-corrected chi connectivity index (χ3v) is 5.24. The highest BCUT2D eigenvalue weighted by atomic mass is 15.2. The maximum atomic E-state index is 2.46. The van der Waals surface area contributed by atoms with E-state index in [1.54, 1.807) is 0 Å². The summed E-state index contributed by atoms with van der Waals surface area (Å²) in [6.45, 7) is 11.1. The largest absolute Gasteiger partial charge is 0.340 e. The molecule has 1 nitrogen and oxygen atoms in total. The summed E-state index contributed by atoms with van der Waals surface area (Å²) >= 11 is 0. The lowest BCUT2D eigenvalue weighted by Gasteiger charge is -2.38. The Morgan fingerprint density at radius 1 is 0.800 bits per heavy atom. The molecular formula is C24H29N. The van der Waals surface area contributed by atoms with Gasteiger partial charge in [-0.3, -0.25) is 0 Å². The molecule has 1 atom stereocenters. The van der Waals surface area contributed by atoms with E-state index in [0.717, 1.165) is 12.8 Å². The van der Waals surface area contributed by atoms with Crippen molar-refractivity contribution in [3.8, 4) is 0 Å². The second-order valence-electron chi connectivity index (χ2n) is 7.09. The van der Waals surface area contributed by atoms with Gasteiger partial charge < -0.3 is 4.90 Å². The first-order valence-electron chi connectivity index (χ1n) is 9.39. The van der Waals surface area contributed by atoms with E-state index in [1.807, 2.05) is 0 Å². The van der Waals surface area contributed by atoms with Crippen LogP contribution in [-0.2, 0) is 0 Å². The minimum absolute atomic E-state index is 0.379.